The highest BCUT2D eigenvalue weighted by atomic mass is 79.9. The van der Waals surface area contributed by atoms with Crippen LogP contribution in [0.3, 0.4) is 0 Å². The van der Waals surface area contributed by atoms with Crippen molar-refractivity contribution in [3.63, 3.8) is 0 Å². The van der Waals surface area contributed by atoms with Gasteiger partial charge in [0.05, 0.1) is 6.61 Å². The van der Waals surface area contributed by atoms with E-state index in [0.717, 1.165) is 21.3 Å². The van der Waals surface area contributed by atoms with Crippen molar-refractivity contribution in [2.75, 3.05) is 6.61 Å². The molecule has 0 aliphatic rings. The van der Waals surface area contributed by atoms with Gasteiger partial charge in [-0.1, -0.05) is 28.1 Å². The molecule has 2 aromatic carbocycles. The average molecular weight is 319 g/mol. The molecule has 0 aliphatic carbocycles. The summed E-state index contributed by atoms with van der Waals surface area (Å²) in [6.45, 7) is 4.49. The summed E-state index contributed by atoms with van der Waals surface area (Å²) in [6.07, 6.45) is 0. The van der Waals surface area contributed by atoms with Crippen LogP contribution in [0.5, 0.6) is 5.75 Å². The molecule has 0 atom stereocenters. The van der Waals surface area contributed by atoms with Crippen molar-refractivity contribution in [1.82, 2.24) is 0 Å². The maximum Gasteiger partial charge on any atom is 0.193 e. The van der Waals surface area contributed by atoms with Crippen LogP contribution in [0.15, 0.2) is 46.9 Å². The fourth-order valence-electron chi connectivity index (χ4n) is 1.88. The van der Waals surface area contributed by atoms with Crippen LogP contribution in [-0.2, 0) is 0 Å². The lowest BCUT2D eigenvalue weighted by Crippen LogP contribution is -2.04. The van der Waals surface area contributed by atoms with Crippen LogP contribution in [0.4, 0.5) is 0 Å². The number of ether oxygens (including phenoxy) is 1. The second kappa shape index (κ2) is 6.02. The highest BCUT2D eigenvalue weighted by molar-refractivity contribution is 9.10. The number of halogens is 1. The Balaban J connectivity index is 2.31. The summed E-state index contributed by atoms with van der Waals surface area (Å²) in [5.74, 6) is 0.812. The molecule has 0 spiro atoms. The molecule has 0 amide bonds. The van der Waals surface area contributed by atoms with E-state index in [1.165, 1.54) is 0 Å². The summed E-state index contributed by atoms with van der Waals surface area (Å²) < 4.78 is 6.32. The molecule has 0 aliphatic heterocycles. The lowest BCUT2D eigenvalue weighted by atomic mass is 9.99. The van der Waals surface area contributed by atoms with E-state index >= 15 is 0 Å². The molecule has 2 rings (SSSR count). The molecule has 0 aromatic heterocycles. The summed E-state index contributed by atoms with van der Waals surface area (Å²) in [6, 6.07) is 12.9. The maximum absolute atomic E-state index is 12.4. The Bertz CT molecular complexity index is 588. The van der Waals surface area contributed by atoms with E-state index in [9.17, 15) is 4.79 Å². The summed E-state index contributed by atoms with van der Waals surface area (Å²) in [7, 11) is 0. The number of hydrogen-bond acceptors (Lipinski definition) is 2. The molecule has 0 bridgehead atoms. The van der Waals surface area contributed by atoms with E-state index in [1.54, 1.807) is 12.1 Å². The standard InChI is InChI=1S/C16H15BrO2/c1-3-19-13-9-7-12(8-10-13)16(18)14-5-4-6-15(17)11(14)2/h4-10H,3H2,1-2H3. The zero-order valence-electron chi connectivity index (χ0n) is 10.9. The van der Waals surface area contributed by atoms with E-state index in [0.29, 0.717) is 12.2 Å². The van der Waals surface area contributed by atoms with Gasteiger partial charge in [0.25, 0.3) is 0 Å². The van der Waals surface area contributed by atoms with Gasteiger partial charge in [0.15, 0.2) is 5.78 Å². The maximum atomic E-state index is 12.4. The van der Waals surface area contributed by atoms with Gasteiger partial charge in [0.2, 0.25) is 0 Å². The zero-order chi connectivity index (χ0) is 13.8. The molecule has 2 nitrogen and oxygen atoms in total. The van der Waals surface area contributed by atoms with Gasteiger partial charge < -0.3 is 4.74 Å². The van der Waals surface area contributed by atoms with E-state index in [1.807, 2.05) is 44.2 Å². The van der Waals surface area contributed by atoms with Gasteiger partial charge in [-0.25, -0.2) is 0 Å². The molecular weight excluding hydrogens is 304 g/mol. The minimum absolute atomic E-state index is 0.0295. The van der Waals surface area contributed by atoms with Crippen LogP contribution in [0.1, 0.15) is 28.4 Å². The van der Waals surface area contributed by atoms with Crippen molar-refractivity contribution < 1.29 is 9.53 Å². The molecular formula is C16H15BrO2. The van der Waals surface area contributed by atoms with Crippen molar-refractivity contribution in [3.8, 4) is 5.75 Å². The summed E-state index contributed by atoms with van der Waals surface area (Å²) in [5.41, 5.74) is 2.35. The van der Waals surface area contributed by atoms with Gasteiger partial charge >= 0.3 is 0 Å². The smallest absolute Gasteiger partial charge is 0.193 e. The predicted molar refractivity (Wildman–Crippen MR) is 79.9 cm³/mol. The summed E-state index contributed by atoms with van der Waals surface area (Å²) in [4.78, 5) is 12.4. The second-order valence-electron chi connectivity index (χ2n) is 4.20. The zero-order valence-corrected chi connectivity index (χ0v) is 12.5. The third kappa shape index (κ3) is 3.04. The molecule has 0 saturated carbocycles. The third-order valence-electron chi connectivity index (χ3n) is 2.94. The molecule has 2 aromatic rings. The normalized spacial score (nSPS) is 10.3. The molecule has 98 valence electrons. The SMILES string of the molecule is CCOc1ccc(C(=O)c2cccc(Br)c2C)cc1. The molecule has 0 unspecified atom stereocenters. The van der Waals surface area contributed by atoms with Crippen molar-refractivity contribution >= 4 is 21.7 Å². The Morgan fingerprint density at radius 2 is 1.84 bits per heavy atom. The predicted octanol–water partition coefficient (Wildman–Crippen LogP) is 4.39. The Kier molecular flexibility index (Phi) is 4.38. The Hall–Kier alpha value is -1.61. The molecule has 0 radical (unpaired) electrons. The van der Waals surface area contributed by atoms with Crippen LogP contribution < -0.4 is 4.74 Å². The number of benzene rings is 2. The molecule has 0 heterocycles. The lowest BCUT2D eigenvalue weighted by Gasteiger charge is -2.08. The number of rotatable bonds is 4. The van der Waals surface area contributed by atoms with Crippen molar-refractivity contribution in [1.29, 1.82) is 0 Å². The van der Waals surface area contributed by atoms with Gasteiger partial charge in [0.1, 0.15) is 5.75 Å². The highest BCUT2D eigenvalue weighted by Crippen LogP contribution is 2.22. The van der Waals surface area contributed by atoms with Gasteiger partial charge in [-0.15, -0.1) is 0 Å². The number of carbonyl (C=O) groups is 1. The van der Waals surface area contributed by atoms with Crippen LogP contribution in [0.25, 0.3) is 0 Å². The first kappa shape index (κ1) is 13.8. The topological polar surface area (TPSA) is 26.3 Å². The van der Waals surface area contributed by atoms with Crippen LogP contribution in [0, 0.1) is 6.92 Å². The minimum Gasteiger partial charge on any atom is -0.494 e. The Morgan fingerprint density at radius 3 is 2.47 bits per heavy atom. The number of carbonyl (C=O) groups excluding carboxylic acids is 1. The highest BCUT2D eigenvalue weighted by Gasteiger charge is 2.12. The lowest BCUT2D eigenvalue weighted by molar-refractivity contribution is 0.103. The minimum atomic E-state index is 0.0295. The fraction of sp³-hybridized carbons (Fsp3) is 0.188. The molecule has 3 heteroatoms. The van der Waals surface area contributed by atoms with Gasteiger partial charge in [-0.3, -0.25) is 4.79 Å². The molecule has 0 N–H and O–H groups in total. The van der Waals surface area contributed by atoms with Gasteiger partial charge in [0, 0.05) is 15.6 Å². The Morgan fingerprint density at radius 1 is 1.16 bits per heavy atom. The quantitative estimate of drug-likeness (QED) is 0.782. The first-order chi connectivity index (χ1) is 9.13. The van der Waals surface area contributed by atoms with Gasteiger partial charge in [-0.05, 0) is 49.7 Å². The number of ketones is 1. The van der Waals surface area contributed by atoms with E-state index < -0.39 is 0 Å². The average Bonchev–Trinajstić information content (AvgIpc) is 2.42. The Labute approximate surface area is 121 Å². The van der Waals surface area contributed by atoms with E-state index in [4.69, 9.17) is 4.74 Å². The summed E-state index contributed by atoms with van der Waals surface area (Å²) in [5, 5.41) is 0. The molecule has 0 saturated heterocycles. The molecule has 19 heavy (non-hydrogen) atoms. The van der Waals surface area contributed by atoms with Crippen molar-refractivity contribution in [3.05, 3.63) is 63.6 Å². The van der Waals surface area contributed by atoms with Crippen LogP contribution in [-0.4, -0.2) is 12.4 Å². The van der Waals surface area contributed by atoms with Crippen molar-refractivity contribution in [2.24, 2.45) is 0 Å². The fourth-order valence-corrected chi connectivity index (χ4v) is 2.24. The van der Waals surface area contributed by atoms with E-state index in [2.05, 4.69) is 15.9 Å². The van der Waals surface area contributed by atoms with E-state index in [-0.39, 0.29) is 5.78 Å². The van der Waals surface area contributed by atoms with Crippen LogP contribution in [0.2, 0.25) is 0 Å². The number of hydrogen-bond donors (Lipinski definition) is 0. The van der Waals surface area contributed by atoms with Gasteiger partial charge in [-0.2, -0.15) is 0 Å². The largest absolute Gasteiger partial charge is 0.494 e. The second-order valence-corrected chi connectivity index (χ2v) is 5.05. The first-order valence-electron chi connectivity index (χ1n) is 6.16. The van der Waals surface area contributed by atoms with Crippen molar-refractivity contribution in [2.45, 2.75) is 13.8 Å². The van der Waals surface area contributed by atoms with Crippen LogP contribution >= 0.6 is 15.9 Å². The third-order valence-corrected chi connectivity index (χ3v) is 3.80. The first-order valence-corrected chi connectivity index (χ1v) is 6.95. The molecule has 0 fully saturated rings. The summed E-state index contributed by atoms with van der Waals surface area (Å²) >= 11 is 3.45. The monoisotopic (exact) mass is 318 g/mol.